The number of amides is 1. The van der Waals surface area contributed by atoms with Crippen molar-refractivity contribution in [2.75, 3.05) is 20.2 Å². The highest BCUT2D eigenvalue weighted by Crippen LogP contribution is 2.02. The Bertz CT molecular complexity index is 196. The van der Waals surface area contributed by atoms with Gasteiger partial charge in [-0.3, -0.25) is 9.59 Å². The highest BCUT2D eigenvalue weighted by molar-refractivity contribution is 9.18. The smallest absolute Gasteiger partial charge is 0.305 e. The first kappa shape index (κ1) is 13.4. The van der Waals surface area contributed by atoms with Crippen LogP contribution in [0.2, 0.25) is 0 Å². The van der Waals surface area contributed by atoms with E-state index in [4.69, 9.17) is 4.74 Å². The Labute approximate surface area is 92.7 Å². The minimum absolute atomic E-state index is 0.131. The lowest BCUT2D eigenvalue weighted by Gasteiger charge is -2.12. The number of hydrogen-bond acceptors (Lipinski definition) is 3. The zero-order valence-electron chi connectivity index (χ0n) is 8.59. The summed E-state index contributed by atoms with van der Waals surface area (Å²) in [6.07, 6.45) is 1.99. The van der Waals surface area contributed by atoms with Crippen molar-refractivity contribution in [3.05, 3.63) is 0 Å². The maximum Gasteiger partial charge on any atom is 0.305 e. The van der Waals surface area contributed by atoms with Crippen molar-refractivity contribution in [3.63, 3.8) is 0 Å². The molecule has 0 aromatic rings. The van der Waals surface area contributed by atoms with Crippen molar-refractivity contribution in [3.8, 4) is 0 Å². The van der Waals surface area contributed by atoms with E-state index in [2.05, 4.69) is 15.9 Å². The van der Waals surface area contributed by atoms with Crippen molar-refractivity contribution < 1.29 is 14.3 Å². The molecule has 14 heavy (non-hydrogen) atoms. The second-order valence-corrected chi connectivity index (χ2v) is 3.62. The average Bonchev–Trinajstić information content (AvgIpc) is 2.12. The Morgan fingerprint density at radius 1 is 1.36 bits per heavy atom. The van der Waals surface area contributed by atoms with Crippen molar-refractivity contribution in [1.29, 1.82) is 0 Å². The number of carbonyl (C=O) groups excluding carboxylic acids is 2. The molecule has 0 heterocycles. The molecule has 0 aromatic heterocycles. The minimum Gasteiger partial charge on any atom is -0.466 e. The van der Waals surface area contributed by atoms with Gasteiger partial charge in [-0.15, -0.1) is 0 Å². The highest BCUT2D eigenvalue weighted by atomic mass is 79.9. The van der Waals surface area contributed by atoms with Crippen LogP contribution < -0.4 is 0 Å². The van der Waals surface area contributed by atoms with Crippen LogP contribution in [0.1, 0.15) is 26.2 Å². The number of carbonyl (C=O) groups is 2. The molecule has 0 aliphatic carbocycles. The summed E-state index contributed by atoms with van der Waals surface area (Å²) in [5, 5.41) is 0. The summed E-state index contributed by atoms with van der Waals surface area (Å²) in [5.41, 5.74) is 0. The van der Waals surface area contributed by atoms with Gasteiger partial charge in [0.2, 0.25) is 0 Å². The van der Waals surface area contributed by atoms with Crippen LogP contribution in [0.4, 0.5) is 4.79 Å². The number of ether oxygens (including phenoxy) is 1. The molecular weight excluding hydrogens is 250 g/mol. The lowest BCUT2D eigenvalue weighted by atomic mass is 10.2. The van der Waals surface area contributed by atoms with E-state index in [1.165, 1.54) is 0 Å². The number of rotatable bonds is 6. The van der Waals surface area contributed by atoms with Crippen LogP contribution in [-0.2, 0) is 9.53 Å². The van der Waals surface area contributed by atoms with Crippen LogP contribution >= 0.6 is 15.9 Å². The van der Waals surface area contributed by atoms with Crippen molar-refractivity contribution >= 4 is 26.7 Å². The fraction of sp³-hybridized carbons (Fsp3) is 0.778. The van der Waals surface area contributed by atoms with Gasteiger partial charge in [-0.2, -0.15) is 0 Å². The van der Waals surface area contributed by atoms with Gasteiger partial charge >= 0.3 is 5.97 Å². The first-order valence-electron chi connectivity index (χ1n) is 4.64. The van der Waals surface area contributed by atoms with Gasteiger partial charge in [-0.05, 0) is 19.8 Å². The second-order valence-electron chi connectivity index (χ2n) is 2.94. The quantitative estimate of drug-likeness (QED) is 0.320. The summed E-state index contributed by atoms with van der Waals surface area (Å²) in [4.78, 5) is 23.1. The molecule has 0 atom stereocenters. The third-order valence-corrected chi connectivity index (χ3v) is 2.34. The Hall–Kier alpha value is -0.580. The van der Waals surface area contributed by atoms with E-state index in [0.717, 1.165) is 12.8 Å². The number of hydrogen-bond donors (Lipinski definition) is 0. The van der Waals surface area contributed by atoms with E-state index >= 15 is 0 Å². The Kier molecular flexibility index (Phi) is 7.47. The predicted octanol–water partition coefficient (Wildman–Crippen LogP) is 2.17. The zero-order chi connectivity index (χ0) is 11.0. The molecule has 1 amide bonds. The van der Waals surface area contributed by atoms with Crippen LogP contribution in [-0.4, -0.2) is 35.9 Å². The number of nitrogens with zero attached hydrogens (tertiary/aromatic N) is 1. The van der Waals surface area contributed by atoms with E-state index in [1.807, 2.05) is 0 Å². The van der Waals surface area contributed by atoms with Gasteiger partial charge in [0.15, 0.2) is 0 Å². The van der Waals surface area contributed by atoms with Crippen molar-refractivity contribution in [1.82, 2.24) is 4.90 Å². The van der Waals surface area contributed by atoms with Gasteiger partial charge in [0.05, 0.1) is 6.61 Å². The topological polar surface area (TPSA) is 46.6 Å². The minimum atomic E-state index is -0.166. The lowest BCUT2D eigenvalue weighted by Crippen LogP contribution is -2.21. The lowest BCUT2D eigenvalue weighted by molar-refractivity contribution is -0.143. The van der Waals surface area contributed by atoms with Gasteiger partial charge in [-0.25, -0.2) is 0 Å². The maximum absolute atomic E-state index is 10.9. The van der Waals surface area contributed by atoms with Crippen LogP contribution in [0.25, 0.3) is 0 Å². The Balaban J connectivity index is 3.37. The first-order chi connectivity index (χ1) is 6.57. The zero-order valence-corrected chi connectivity index (χ0v) is 10.2. The second kappa shape index (κ2) is 7.79. The van der Waals surface area contributed by atoms with E-state index < -0.39 is 0 Å². The summed E-state index contributed by atoms with van der Waals surface area (Å²) in [7, 11) is 1.71. The van der Waals surface area contributed by atoms with E-state index in [-0.39, 0.29) is 10.8 Å². The van der Waals surface area contributed by atoms with Crippen molar-refractivity contribution in [2.24, 2.45) is 0 Å². The molecule has 0 bridgehead atoms. The Morgan fingerprint density at radius 3 is 2.50 bits per heavy atom. The normalized spacial score (nSPS) is 9.64. The van der Waals surface area contributed by atoms with Crippen molar-refractivity contribution in [2.45, 2.75) is 26.2 Å². The monoisotopic (exact) mass is 265 g/mol. The molecule has 0 rings (SSSR count). The van der Waals surface area contributed by atoms with Crippen LogP contribution in [0.15, 0.2) is 0 Å². The Morgan fingerprint density at radius 2 is 2.00 bits per heavy atom. The van der Waals surface area contributed by atoms with E-state index in [1.54, 1.807) is 18.9 Å². The molecular formula is C9H16BrNO3. The summed E-state index contributed by atoms with van der Waals surface area (Å²) >= 11 is 2.84. The summed E-state index contributed by atoms with van der Waals surface area (Å²) in [5.74, 6) is -0.166. The number of unbranched alkanes of at least 4 members (excludes halogenated alkanes) is 1. The standard InChI is InChI=1S/C9H16BrNO3/c1-3-14-8(12)6-4-5-7-11(2)9(10)13/h3-7H2,1-2H3. The molecule has 0 N–H and O–H groups in total. The van der Waals surface area contributed by atoms with Gasteiger partial charge in [-0.1, -0.05) is 0 Å². The summed E-state index contributed by atoms with van der Waals surface area (Å²) in [6, 6.07) is 0. The molecule has 0 radical (unpaired) electrons. The fourth-order valence-electron chi connectivity index (χ4n) is 0.939. The number of halogens is 1. The number of esters is 1. The van der Waals surface area contributed by atoms with Crippen LogP contribution in [0.5, 0.6) is 0 Å². The molecule has 0 spiro atoms. The largest absolute Gasteiger partial charge is 0.466 e. The average molecular weight is 266 g/mol. The van der Waals surface area contributed by atoms with E-state index in [0.29, 0.717) is 19.6 Å². The molecule has 5 heteroatoms. The molecule has 0 aliphatic heterocycles. The maximum atomic E-state index is 10.9. The molecule has 4 nitrogen and oxygen atoms in total. The van der Waals surface area contributed by atoms with Gasteiger partial charge in [0.1, 0.15) is 0 Å². The third kappa shape index (κ3) is 6.88. The molecule has 0 saturated heterocycles. The summed E-state index contributed by atoms with van der Waals surface area (Å²) < 4.78 is 4.77. The third-order valence-electron chi connectivity index (χ3n) is 1.73. The SMILES string of the molecule is CCOC(=O)CCCCN(C)C(=O)Br. The van der Waals surface area contributed by atoms with Gasteiger partial charge < -0.3 is 9.64 Å². The van der Waals surface area contributed by atoms with Crippen LogP contribution in [0.3, 0.4) is 0 Å². The molecule has 0 aliphatic rings. The first-order valence-corrected chi connectivity index (χ1v) is 5.43. The van der Waals surface area contributed by atoms with Gasteiger partial charge in [0.25, 0.3) is 4.82 Å². The fourth-order valence-corrected chi connectivity index (χ4v) is 1.12. The molecule has 82 valence electrons. The van der Waals surface area contributed by atoms with E-state index in [9.17, 15) is 9.59 Å². The van der Waals surface area contributed by atoms with Gasteiger partial charge in [0, 0.05) is 35.9 Å². The molecule has 0 aromatic carbocycles. The summed E-state index contributed by atoms with van der Waals surface area (Å²) in [6.45, 7) is 2.87. The molecule has 0 unspecified atom stereocenters. The molecule has 0 fully saturated rings. The molecule has 0 saturated carbocycles. The predicted molar refractivity (Wildman–Crippen MR) is 57.4 cm³/mol. The highest BCUT2D eigenvalue weighted by Gasteiger charge is 2.04. The van der Waals surface area contributed by atoms with Crippen LogP contribution in [0, 0.1) is 0 Å².